The van der Waals surface area contributed by atoms with Gasteiger partial charge in [-0.25, -0.2) is 0 Å². The monoisotopic (exact) mass is 315 g/mol. The quantitative estimate of drug-likeness (QED) is 0.813. The number of ether oxygens (including phenoxy) is 1. The number of halogens is 1. The first-order chi connectivity index (χ1) is 8.62. The Labute approximate surface area is 117 Å². The Hall–Kier alpha value is -0.580. The van der Waals surface area contributed by atoms with Crippen molar-refractivity contribution < 1.29 is 9.84 Å². The molecule has 0 spiro atoms. The van der Waals surface area contributed by atoms with Crippen LogP contribution in [-0.4, -0.2) is 24.4 Å². The van der Waals surface area contributed by atoms with Crippen molar-refractivity contribution >= 4 is 15.9 Å². The van der Waals surface area contributed by atoms with Crippen LogP contribution >= 0.6 is 15.9 Å². The molecule has 2 atom stereocenters. The average molecular weight is 316 g/mol. The molecule has 0 saturated heterocycles. The van der Waals surface area contributed by atoms with Crippen LogP contribution in [0.1, 0.15) is 38.2 Å². The van der Waals surface area contributed by atoms with Gasteiger partial charge in [0.25, 0.3) is 0 Å². The van der Waals surface area contributed by atoms with E-state index in [9.17, 15) is 5.11 Å². The van der Waals surface area contributed by atoms with E-state index in [0.29, 0.717) is 25.5 Å². The highest BCUT2D eigenvalue weighted by Gasteiger charge is 2.15. The largest absolute Gasteiger partial charge is 0.493 e. The van der Waals surface area contributed by atoms with E-state index in [4.69, 9.17) is 10.5 Å². The van der Waals surface area contributed by atoms with E-state index in [1.807, 2.05) is 13.0 Å². The molecule has 3 N–H and O–H groups in total. The van der Waals surface area contributed by atoms with Crippen LogP contribution in [0.25, 0.3) is 0 Å². The van der Waals surface area contributed by atoms with Crippen molar-refractivity contribution in [2.45, 2.75) is 38.7 Å². The number of aliphatic hydroxyl groups excluding tert-OH is 1. The zero-order valence-electron chi connectivity index (χ0n) is 11.0. The van der Waals surface area contributed by atoms with Gasteiger partial charge in [0.2, 0.25) is 0 Å². The lowest BCUT2D eigenvalue weighted by Crippen LogP contribution is -2.22. The highest BCUT2D eigenvalue weighted by molar-refractivity contribution is 9.10. The predicted octanol–water partition coefficient (Wildman–Crippen LogP) is 3.05. The Morgan fingerprint density at radius 1 is 1.39 bits per heavy atom. The second-order valence-electron chi connectivity index (χ2n) is 4.35. The fourth-order valence-corrected chi connectivity index (χ4v) is 2.52. The summed E-state index contributed by atoms with van der Waals surface area (Å²) in [5.41, 5.74) is 6.68. The van der Waals surface area contributed by atoms with Gasteiger partial charge >= 0.3 is 0 Å². The summed E-state index contributed by atoms with van der Waals surface area (Å²) in [6.45, 7) is 5.06. The van der Waals surface area contributed by atoms with Crippen molar-refractivity contribution in [3.63, 3.8) is 0 Å². The molecule has 1 aromatic rings. The molecule has 1 rings (SSSR count). The number of nitrogens with two attached hydrogens (primary N) is 1. The van der Waals surface area contributed by atoms with Crippen LogP contribution in [0.3, 0.4) is 0 Å². The molecule has 18 heavy (non-hydrogen) atoms. The van der Waals surface area contributed by atoms with Gasteiger partial charge in [0, 0.05) is 6.54 Å². The fourth-order valence-electron chi connectivity index (χ4n) is 2.01. The normalized spacial score (nSPS) is 14.3. The van der Waals surface area contributed by atoms with Gasteiger partial charge in [0.05, 0.1) is 17.2 Å². The van der Waals surface area contributed by atoms with Crippen LogP contribution in [0.15, 0.2) is 22.7 Å². The molecule has 0 fully saturated rings. The van der Waals surface area contributed by atoms with E-state index in [1.165, 1.54) is 5.56 Å². The number of hydrogen-bond acceptors (Lipinski definition) is 3. The lowest BCUT2D eigenvalue weighted by atomic mass is 9.91. The molecule has 0 aliphatic carbocycles. The summed E-state index contributed by atoms with van der Waals surface area (Å²) in [5.74, 6) is 1.19. The van der Waals surface area contributed by atoms with E-state index in [1.54, 1.807) is 0 Å². The second kappa shape index (κ2) is 7.77. The van der Waals surface area contributed by atoms with Crippen LogP contribution in [0.5, 0.6) is 5.75 Å². The molecule has 3 nitrogen and oxygen atoms in total. The molecule has 4 heteroatoms. The SMILES string of the molecule is CCOc1ccc(C(CC)CC(O)CN)cc1Br. The van der Waals surface area contributed by atoms with E-state index < -0.39 is 6.10 Å². The molecule has 0 saturated carbocycles. The third-order valence-electron chi connectivity index (χ3n) is 3.05. The Balaban J connectivity index is 2.83. The number of hydrogen-bond donors (Lipinski definition) is 2. The molecule has 0 bridgehead atoms. The summed E-state index contributed by atoms with van der Waals surface area (Å²) in [5, 5.41) is 9.67. The summed E-state index contributed by atoms with van der Waals surface area (Å²) in [6, 6.07) is 6.11. The minimum absolute atomic E-state index is 0.314. The zero-order chi connectivity index (χ0) is 13.5. The summed E-state index contributed by atoms with van der Waals surface area (Å²) in [4.78, 5) is 0. The highest BCUT2D eigenvalue weighted by atomic mass is 79.9. The van der Waals surface area contributed by atoms with Crippen LogP contribution in [0.2, 0.25) is 0 Å². The lowest BCUT2D eigenvalue weighted by Gasteiger charge is -2.19. The van der Waals surface area contributed by atoms with Crippen molar-refractivity contribution in [3.8, 4) is 5.75 Å². The van der Waals surface area contributed by atoms with Crippen molar-refractivity contribution in [3.05, 3.63) is 28.2 Å². The zero-order valence-corrected chi connectivity index (χ0v) is 12.6. The molecular formula is C14H22BrNO2. The molecule has 0 aromatic heterocycles. The van der Waals surface area contributed by atoms with Gasteiger partial charge in [-0.15, -0.1) is 0 Å². The standard InChI is InChI=1S/C14H22BrNO2/c1-3-10(7-12(17)9-16)11-5-6-14(18-4-2)13(15)8-11/h5-6,8,10,12,17H,3-4,7,9,16H2,1-2H3. The minimum Gasteiger partial charge on any atom is -0.493 e. The van der Waals surface area contributed by atoms with Gasteiger partial charge in [-0.2, -0.15) is 0 Å². The topological polar surface area (TPSA) is 55.5 Å². The van der Waals surface area contributed by atoms with E-state index in [0.717, 1.165) is 16.6 Å². The van der Waals surface area contributed by atoms with E-state index >= 15 is 0 Å². The van der Waals surface area contributed by atoms with Crippen LogP contribution < -0.4 is 10.5 Å². The number of aliphatic hydroxyl groups is 1. The Kier molecular flexibility index (Phi) is 6.68. The Morgan fingerprint density at radius 3 is 2.61 bits per heavy atom. The van der Waals surface area contributed by atoms with Gasteiger partial charge in [-0.1, -0.05) is 13.0 Å². The maximum Gasteiger partial charge on any atom is 0.133 e. The molecule has 0 amide bonds. The maximum atomic E-state index is 9.67. The predicted molar refractivity (Wildman–Crippen MR) is 78.0 cm³/mol. The fraction of sp³-hybridized carbons (Fsp3) is 0.571. The second-order valence-corrected chi connectivity index (χ2v) is 5.21. The first-order valence-electron chi connectivity index (χ1n) is 6.42. The summed E-state index contributed by atoms with van der Waals surface area (Å²) in [6.07, 6.45) is 1.26. The number of rotatable bonds is 7. The molecule has 0 radical (unpaired) electrons. The van der Waals surface area contributed by atoms with Gasteiger partial charge in [-0.05, 0) is 59.3 Å². The van der Waals surface area contributed by atoms with Crippen LogP contribution in [0, 0.1) is 0 Å². The molecule has 1 aromatic carbocycles. The highest BCUT2D eigenvalue weighted by Crippen LogP contribution is 2.32. The number of benzene rings is 1. The Morgan fingerprint density at radius 2 is 2.11 bits per heavy atom. The van der Waals surface area contributed by atoms with E-state index in [-0.39, 0.29) is 0 Å². The van der Waals surface area contributed by atoms with Gasteiger partial charge in [0.15, 0.2) is 0 Å². The average Bonchev–Trinajstić information content (AvgIpc) is 2.38. The van der Waals surface area contributed by atoms with Gasteiger partial charge in [0.1, 0.15) is 5.75 Å². The maximum absolute atomic E-state index is 9.67. The third kappa shape index (κ3) is 4.26. The first kappa shape index (κ1) is 15.5. The van der Waals surface area contributed by atoms with Crippen molar-refractivity contribution in [2.75, 3.05) is 13.2 Å². The molecule has 0 aliphatic rings. The van der Waals surface area contributed by atoms with Crippen molar-refractivity contribution in [1.82, 2.24) is 0 Å². The van der Waals surface area contributed by atoms with Gasteiger partial charge in [-0.3, -0.25) is 0 Å². The van der Waals surface area contributed by atoms with Gasteiger partial charge < -0.3 is 15.6 Å². The molecule has 102 valence electrons. The summed E-state index contributed by atoms with van der Waals surface area (Å²) < 4.78 is 6.45. The minimum atomic E-state index is -0.430. The lowest BCUT2D eigenvalue weighted by molar-refractivity contribution is 0.162. The van der Waals surface area contributed by atoms with Crippen LogP contribution in [0.4, 0.5) is 0 Å². The first-order valence-corrected chi connectivity index (χ1v) is 7.22. The summed E-state index contributed by atoms with van der Waals surface area (Å²) >= 11 is 3.52. The molecule has 0 aliphatic heterocycles. The molecule has 0 heterocycles. The smallest absolute Gasteiger partial charge is 0.133 e. The van der Waals surface area contributed by atoms with E-state index in [2.05, 4.69) is 35.0 Å². The van der Waals surface area contributed by atoms with Crippen molar-refractivity contribution in [1.29, 1.82) is 0 Å². The Bertz CT molecular complexity index is 371. The summed E-state index contributed by atoms with van der Waals surface area (Å²) in [7, 11) is 0. The third-order valence-corrected chi connectivity index (χ3v) is 3.67. The van der Waals surface area contributed by atoms with Crippen LogP contribution in [-0.2, 0) is 0 Å². The molecule has 2 unspecified atom stereocenters. The molecular weight excluding hydrogens is 294 g/mol. The van der Waals surface area contributed by atoms with Crippen molar-refractivity contribution in [2.24, 2.45) is 5.73 Å².